The Morgan fingerprint density at radius 2 is 2.33 bits per heavy atom. The van der Waals surface area contributed by atoms with E-state index in [-0.39, 0.29) is 29.6 Å². The van der Waals surface area contributed by atoms with E-state index in [0.717, 1.165) is 0 Å². The third-order valence-corrected chi connectivity index (χ3v) is 3.03. The van der Waals surface area contributed by atoms with Crippen LogP contribution in [0.25, 0.3) is 0 Å². The van der Waals surface area contributed by atoms with Crippen LogP contribution in [0.4, 0.5) is 4.39 Å². The van der Waals surface area contributed by atoms with Crippen LogP contribution in [0.3, 0.4) is 0 Å². The van der Waals surface area contributed by atoms with Gasteiger partial charge < -0.3 is 10.6 Å². The van der Waals surface area contributed by atoms with Crippen LogP contribution < -0.4 is 10.6 Å². The van der Waals surface area contributed by atoms with E-state index in [9.17, 15) is 14.0 Å². The molecule has 96 valence electrons. The third kappa shape index (κ3) is 2.85. The Bertz CT molecular complexity index is 476. The van der Waals surface area contributed by atoms with Crippen LogP contribution in [0.1, 0.15) is 24.8 Å². The zero-order valence-electron chi connectivity index (χ0n) is 10.1. The number of nitrogens with one attached hydrogen (secondary N) is 2. The Labute approximate surface area is 105 Å². The van der Waals surface area contributed by atoms with Crippen LogP contribution in [0.15, 0.2) is 24.3 Å². The molecule has 1 heterocycles. The van der Waals surface area contributed by atoms with E-state index in [1.54, 1.807) is 12.1 Å². The Hall–Kier alpha value is -1.91. The predicted octanol–water partition coefficient (Wildman–Crippen LogP) is 0.934. The molecule has 5 heteroatoms. The third-order valence-electron chi connectivity index (χ3n) is 3.03. The van der Waals surface area contributed by atoms with Gasteiger partial charge in [0.1, 0.15) is 5.82 Å². The molecular weight excluding hydrogens is 235 g/mol. The molecule has 0 aromatic heterocycles. The maximum absolute atomic E-state index is 13.1. The predicted molar refractivity (Wildman–Crippen MR) is 64.4 cm³/mol. The molecule has 2 rings (SSSR count). The number of carbonyl (C=O) groups excluding carboxylic acids is 2. The Morgan fingerprint density at radius 3 is 3.00 bits per heavy atom. The van der Waals surface area contributed by atoms with Crippen molar-refractivity contribution in [2.24, 2.45) is 0 Å². The van der Waals surface area contributed by atoms with Crippen LogP contribution in [0, 0.1) is 5.82 Å². The Balaban J connectivity index is 2.03. The van der Waals surface area contributed by atoms with Gasteiger partial charge >= 0.3 is 0 Å². The summed E-state index contributed by atoms with van der Waals surface area (Å²) in [7, 11) is 0. The minimum Gasteiger partial charge on any atom is -0.354 e. The summed E-state index contributed by atoms with van der Waals surface area (Å²) in [6, 6.07) is 5.98. The van der Waals surface area contributed by atoms with Crippen molar-refractivity contribution in [2.45, 2.75) is 25.3 Å². The zero-order chi connectivity index (χ0) is 13.1. The maximum Gasteiger partial charge on any atom is 0.227 e. The number of halogens is 1. The van der Waals surface area contributed by atoms with Crippen LogP contribution in [-0.2, 0) is 9.59 Å². The zero-order valence-corrected chi connectivity index (χ0v) is 10.1. The number of rotatable bonds is 3. The largest absolute Gasteiger partial charge is 0.354 e. The SMILES string of the molecule is CC(=O)NCC1CC(c2cccc(F)c2)C(=O)N1. The number of amides is 2. The average Bonchev–Trinajstić information content (AvgIpc) is 2.68. The molecule has 4 nitrogen and oxygen atoms in total. The van der Waals surface area contributed by atoms with E-state index in [1.807, 2.05) is 0 Å². The molecule has 1 fully saturated rings. The maximum atomic E-state index is 13.1. The highest BCUT2D eigenvalue weighted by Gasteiger charge is 2.33. The van der Waals surface area contributed by atoms with Gasteiger partial charge in [-0.05, 0) is 24.1 Å². The van der Waals surface area contributed by atoms with Gasteiger partial charge in [-0.3, -0.25) is 9.59 Å². The number of carbonyl (C=O) groups is 2. The van der Waals surface area contributed by atoms with E-state index in [4.69, 9.17) is 0 Å². The number of hydrogen-bond acceptors (Lipinski definition) is 2. The molecule has 0 bridgehead atoms. The highest BCUT2D eigenvalue weighted by atomic mass is 19.1. The summed E-state index contributed by atoms with van der Waals surface area (Å²) < 4.78 is 13.1. The molecule has 2 N–H and O–H groups in total. The average molecular weight is 250 g/mol. The molecule has 2 atom stereocenters. The van der Waals surface area contributed by atoms with Crippen LogP contribution >= 0.6 is 0 Å². The van der Waals surface area contributed by atoms with Gasteiger partial charge in [0.15, 0.2) is 0 Å². The lowest BCUT2D eigenvalue weighted by molar-refractivity contribution is -0.121. The fraction of sp³-hybridized carbons (Fsp3) is 0.385. The van der Waals surface area contributed by atoms with E-state index < -0.39 is 0 Å². The minimum atomic E-state index is -0.342. The van der Waals surface area contributed by atoms with Crippen molar-refractivity contribution >= 4 is 11.8 Å². The summed E-state index contributed by atoms with van der Waals surface area (Å²) in [5, 5.41) is 5.46. The molecule has 2 amide bonds. The molecule has 2 unspecified atom stereocenters. The first-order chi connectivity index (χ1) is 8.56. The van der Waals surface area contributed by atoms with Crippen LogP contribution in [-0.4, -0.2) is 24.4 Å². The molecule has 0 aliphatic carbocycles. The van der Waals surface area contributed by atoms with E-state index in [1.165, 1.54) is 19.1 Å². The van der Waals surface area contributed by atoms with Gasteiger partial charge in [-0.15, -0.1) is 0 Å². The molecule has 1 aliphatic heterocycles. The first kappa shape index (κ1) is 12.5. The summed E-state index contributed by atoms with van der Waals surface area (Å²) in [6.07, 6.45) is 0.572. The van der Waals surface area contributed by atoms with Crippen molar-refractivity contribution in [2.75, 3.05) is 6.54 Å². The quantitative estimate of drug-likeness (QED) is 0.838. The van der Waals surface area contributed by atoms with E-state index in [0.29, 0.717) is 18.5 Å². The highest BCUT2D eigenvalue weighted by molar-refractivity contribution is 5.86. The van der Waals surface area contributed by atoms with Gasteiger partial charge in [-0.25, -0.2) is 4.39 Å². The lowest BCUT2D eigenvalue weighted by Crippen LogP contribution is -2.37. The summed E-state index contributed by atoms with van der Waals surface area (Å²) >= 11 is 0. The summed E-state index contributed by atoms with van der Waals surface area (Å²) in [4.78, 5) is 22.6. The first-order valence-electron chi connectivity index (χ1n) is 5.86. The van der Waals surface area contributed by atoms with Crippen LogP contribution in [0.2, 0.25) is 0 Å². The summed E-state index contributed by atoms with van der Waals surface area (Å²) in [5.41, 5.74) is 0.679. The van der Waals surface area contributed by atoms with Gasteiger partial charge in [-0.2, -0.15) is 0 Å². The summed E-state index contributed by atoms with van der Waals surface area (Å²) in [6.45, 7) is 1.84. The monoisotopic (exact) mass is 250 g/mol. The topological polar surface area (TPSA) is 58.2 Å². The van der Waals surface area contributed by atoms with Gasteiger partial charge in [0, 0.05) is 19.5 Å². The van der Waals surface area contributed by atoms with Gasteiger partial charge in [0.05, 0.1) is 5.92 Å². The number of hydrogen-bond donors (Lipinski definition) is 2. The normalized spacial score (nSPS) is 22.7. The molecule has 18 heavy (non-hydrogen) atoms. The van der Waals surface area contributed by atoms with Crippen molar-refractivity contribution in [1.29, 1.82) is 0 Å². The second kappa shape index (κ2) is 5.16. The van der Waals surface area contributed by atoms with Gasteiger partial charge in [-0.1, -0.05) is 12.1 Å². The molecular formula is C13H15FN2O2. The highest BCUT2D eigenvalue weighted by Crippen LogP contribution is 2.27. The molecule has 0 spiro atoms. The van der Waals surface area contributed by atoms with E-state index in [2.05, 4.69) is 10.6 Å². The Morgan fingerprint density at radius 1 is 1.56 bits per heavy atom. The number of benzene rings is 1. The molecule has 1 aromatic carbocycles. The molecule has 0 radical (unpaired) electrons. The lowest BCUT2D eigenvalue weighted by Gasteiger charge is -2.10. The Kier molecular flexibility index (Phi) is 3.60. The standard InChI is InChI=1S/C13H15FN2O2/c1-8(17)15-7-11-6-12(13(18)16-11)9-3-2-4-10(14)5-9/h2-5,11-12H,6-7H2,1H3,(H,15,17)(H,16,18). The molecule has 1 aliphatic rings. The second-order valence-electron chi connectivity index (χ2n) is 4.49. The smallest absolute Gasteiger partial charge is 0.227 e. The fourth-order valence-electron chi connectivity index (χ4n) is 2.16. The molecule has 1 aromatic rings. The van der Waals surface area contributed by atoms with Crippen molar-refractivity contribution in [3.63, 3.8) is 0 Å². The van der Waals surface area contributed by atoms with Crippen molar-refractivity contribution in [3.8, 4) is 0 Å². The fourth-order valence-corrected chi connectivity index (χ4v) is 2.16. The molecule has 1 saturated heterocycles. The van der Waals surface area contributed by atoms with E-state index >= 15 is 0 Å². The molecule has 0 saturated carbocycles. The van der Waals surface area contributed by atoms with Gasteiger partial charge in [0.25, 0.3) is 0 Å². The van der Waals surface area contributed by atoms with Crippen LogP contribution in [0.5, 0.6) is 0 Å². The van der Waals surface area contributed by atoms with Gasteiger partial charge in [0.2, 0.25) is 11.8 Å². The second-order valence-corrected chi connectivity index (χ2v) is 4.49. The minimum absolute atomic E-state index is 0.0883. The first-order valence-corrected chi connectivity index (χ1v) is 5.86. The van der Waals surface area contributed by atoms with Crippen molar-refractivity contribution < 1.29 is 14.0 Å². The summed E-state index contributed by atoms with van der Waals surface area (Å²) in [5.74, 6) is -0.917. The lowest BCUT2D eigenvalue weighted by atomic mass is 9.95. The van der Waals surface area contributed by atoms with Crippen molar-refractivity contribution in [1.82, 2.24) is 10.6 Å². The van der Waals surface area contributed by atoms with Crippen molar-refractivity contribution in [3.05, 3.63) is 35.6 Å².